The first-order valence-corrected chi connectivity index (χ1v) is 10.4. The summed E-state index contributed by atoms with van der Waals surface area (Å²) in [4.78, 5) is 35.8. The summed E-state index contributed by atoms with van der Waals surface area (Å²) in [5.74, 6) is 3.88. The second kappa shape index (κ2) is 10.1. The largest absolute Gasteiger partial charge is 0.418 e. The van der Waals surface area contributed by atoms with E-state index >= 15 is 0 Å². The standard InChI is InChI=1S/C17H23F3N6O5S/c1-8-13(25-31-24-8)16(28)26-4-5-29-7-9(26)6-23-15(27)11-3-2-10(32-11)12(21)14(30-22)17(18,19)20/h2-3,8-9,12,14,24H,4-7,21-22H2,1H3,(H,23,27)/t8?,9-,12-,14?/m0/s1. The monoisotopic (exact) mass is 480 g/mol. The van der Waals surface area contributed by atoms with Crippen molar-refractivity contribution in [2.24, 2.45) is 16.8 Å². The van der Waals surface area contributed by atoms with E-state index < -0.39 is 30.3 Å². The third-order valence-corrected chi connectivity index (χ3v) is 6.15. The molecule has 3 heterocycles. The van der Waals surface area contributed by atoms with E-state index in [1.165, 1.54) is 17.0 Å². The lowest BCUT2D eigenvalue weighted by atomic mass is 10.1. The molecule has 1 fully saturated rings. The average molecular weight is 480 g/mol. The van der Waals surface area contributed by atoms with Gasteiger partial charge in [0, 0.05) is 18.0 Å². The van der Waals surface area contributed by atoms with Gasteiger partial charge in [-0.3, -0.25) is 19.4 Å². The van der Waals surface area contributed by atoms with Crippen molar-refractivity contribution in [1.82, 2.24) is 15.7 Å². The Labute approximate surface area is 184 Å². The number of thiophene rings is 1. The maximum absolute atomic E-state index is 13.0. The number of nitrogens with zero attached hydrogens (tertiary/aromatic N) is 2. The molecule has 1 saturated heterocycles. The summed E-state index contributed by atoms with van der Waals surface area (Å²) in [5, 5.41) is 6.38. The fourth-order valence-electron chi connectivity index (χ4n) is 3.22. The van der Waals surface area contributed by atoms with Crippen molar-refractivity contribution in [3.63, 3.8) is 0 Å². The molecule has 0 bridgehead atoms. The molecule has 2 aliphatic heterocycles. The van der Waals surface area contributed by atoms with Crippen molar-refractivity contribution in [1.29, 1.82) is 0 Å². The van der Waals surface area contributed by atoms with Gasteiger partial charge in [0.2, 0.25) is 0 Å². The van der Waals surface area contributed by atoms with Gasteiger partial charge in [-0.2, -0.15) is 13.2 Å². The van der Waals surface area contributed by atoms with Gasteiger partial charge in [-0.1, -0.05) is 5.16 Å². The predicted molar refractivity (Wildman–Crippen MR) is 106 cm³/mol. The quantitative estimate of drug-likeness (QED) is 0.392. The van der Waals surface area contributed by atoms with Gasteiger partial charge in [0.05, 0.1) is 36.2 Å². The van der Waals surface area contributed by atoms with Crippen LogP contribution in [-0.2, 0) is 19.3 Å². The Balaban J connectivity index is 1.62. The highest BCUT2D eigenvalue weighted by Gasteiger charge is 2.45. The zero-order valence-electron chi connectivity index (χ0n) is 16.9. The van der Waals surface area contributed by atoms with Crippen molar-refractivity contribution < 1.29 is 37.3 Å². The molecular formula is C17H23F3N6O5S. The second-order valence-electron chi connectivity index (χ2n) is 7.17. The SMILES string of the molecule is CC1NON=C1C(=O)N1CCOC[C@@H]1CNC(=O)c1ccc([C@H](N)C(ON)C(F)(F)F)s1. The number of morpholine rings is 1. The van der Waals surface area contributed by atoms with Gasteiger partial charge in [-0.05, 0) is 19.1 Å². The molecule has 1 aromatic heterocycles. The normalized spacial score (nSPS) is 23.3. The Morgan fingerprint density at radius 2 is 2.22 bits per heavy atom. The van der Waals surface area contributed by atoms with Crippen LogP contribution in [0.25, 0.3) is 0 Å². The molecule has 0 radical (unpaired) electrons. The van der Waals surface area contributed by atoms with E-state index in [1.54, 1.807) is 6.92 Å². The smallest absolute Gasteiger partial charge is 0.377 e. The molecule has 2 amide bonds. The fraction of sp³-hybridized carbons (Fsp3) is 0.588. The molecule has 32 heavy (non-hydrogen) atoms. The Kier molecular flexibility index (Phi) is 7.68. The highest BCUT2D eigenvalue weighted by molar-refractivity contribution is 7.14. The number of halogens is 3. The van der Waals surface area contributed by atoms with Crippen LogP contribution in [0.4, 0.5) is 13.2 Å². The van der Waals surface area contributed by atoms with Gasteiger partial charge in [-0.25, -0.2) is 5.90 Å². The first-order valence-electron chi connectivity index (χ1n) is 9.57. The summed E-state index contributed by atoms with van der Waals surface area (Å²) in [5.41, 5.74) is 8.40. The molecule has 4 atom stereocenters. The lowest BCUT2D eigenvalue weighted by Gasteiger charge is -2.35. The molecule has 0 saturated carbocycles. The van der Waals surface area contributed by atoms with E-state index in [0.717, 1.165) is 11.3 Å². The molecule has 6 N–H and O–H groups in total. The number of ether oxygens (including phenoxy) is 1. The van der Waals surface area contributed by atoms with Crippen LogP contribution in [0, 0.1) is 0 Å². The minimum absolute atomic E-state index is 0.0664. The van der Waals surface area contributed by atoms with Gasteiger partial charge in [-0.15, -0.1) is 16.8 Å². The number of amides is 2. The maximum Gasteiger partial charge on any atom is 0.418 e. The zero-order chi connectivity index (χ0) is 23.5. The van der Waals surface area contributed by atoms with Crippen molar-refractivity contribution in [2.45, 2.75) is 37.3 Å². The molecule has 2 unspecified atom stereocenters. The van der Waals surface area contributed by atoms with Crippen LogP contribution in [0.1, 0.15) is 27.5 Å². The minimum Gasteiger partial charge on any atom is -0.377 e. The Morgan fingerprint density at radius 3 is 2.84 bits per heavy atom. The highest BCUT2D eigenvalue weighted by Crippen LogP contribution is 2.33. The first kappa shape index (κ1) is 24.3. The van der Waals surface area contributed by atoms with Gasteiger partial charge in [0.25, 0.3) is 11.8 Å². The number of hydrogen-bond donors (Lipinski definition) is 4. The van der Waals surface area contributed by atoms with Crippen LogP contribution in [0.2, 0.25) is 0 Å². The summed E-state index contributed by atoms with van der Waals surface area (Å²) in [6.07, 6.45) is -7.17. The topological polar surface area (TPSA) is 154 Å². The molecule has 0 spiro atoms. The number of nitrogens with one attached hydrogen (secondary N) is 2. The van der Waals surface area contributed by atoms with Crippen LogP contribution in [0.5, 0.6) is 0 Å². The average Bonchev–Trinajstić information content (AvgIpc) is 3.40. The number of nitrogens with two attached hydrogens (primary N) is 2. The van der Waals surface area contributed by atoms with Gasteiger partial charge < -0.3 is 20.7 Å². The van der Waals surface area contributed by atoms with Crippen molar-refractivity contribution in [3.8, 4) is 0 Å². The molecule has 0 aromatic carbocycles. The van der Waals surface area contributed by atoms with E-state index in [0.29, 0.717) is 13.2 Å². The van der Waals surface area contributed by atoms with E-state index in [1.807, 2.05) is 0 Å². The summed E-state index contributed by atoms with van der Waals surface area (Å²) >= 11 is 0.795. The molecule has 3 rings (SSSR count). The summed E-state index contributed by atoms with van der Waals surface area (Å²) in [6, 6.07) is 0.243. The summed E-state index contributed by atoms with van der Waals surface area (Å²) in [7, 11) is 0. The van der Waals surface area contributed by atoms with Gasteiger partial charge >= 0.3 is 6.18 Å². The predicted octanol–water partition coefficient (Wildman–Crippen LogP) is -0.194. The molecule has 11 nitrogen and oxygen atoms in total. The van der Waals surface area contributed by atoms with Crippen LogP contribution < -0.4 is 22.4 Å². The Hall–Kier alpha value is -2.30. The number of carbonyl (C=O) groups excluding carboxylic acids is 2. The molecule has 15 heteroatoms. The van der Waals surface area contributed by atoms with Gasteiger partial charge in [0.15, 0.2) is 11.8 Å². The van der Waals surface area contributed by atoms with E-state index in [-0.39, 0.29) is 40.6 Å². The molecule has 1 aromatic rings. The van der Waals surface area contributed by atoms with Crippen molar-refractivity contribution in [2.75, 3.05) is 26.3 Å². The lowest BCUT2D eigenvalue weighted by molar-refractivity contribution is -0.228. The highest BCUT2D eigenvalue weighted by atomic mass is 32.1. The molecule has 178 valence electrons. The van der Waals surface area contributed by atoms with E-state index in [9.17, 15) is 22.8 Å². The zero-order valence-corrected chi connectivity index (χ0v) is 17.7. The van der Waals surface area contributed by atoms with Crippen LogP contribution in [0.15, 0.2) is 17.3 Å². The second-order valence-corrected chi connectivity index (χ2v) is 8.29. The molecule has 0 aliphatic carbocycles. The van der Waals surface area contributed by atoms with E-state index in [4.69, 9.17) is 21.3 Å². The lowest BCUT2D eigenvalue weighted by Crippen LogP contribution is -2.56. The Bertz CT molecular complexity index is 866. The first-order chi connectivity index (χ1) is 15.1. The van der Waals surface area contributed by atoms with E-state index in [2.05, 4.69) is 20.8 Å². The van der Waals surface area contributed by atoms with Crippen LogP contribution in [0.3, 0.4) is 0 Å². The number of hydrogen-bond acceptors (Lipinski definition) is 10. The molecular weight excluding hydrogens is 457 g/mol. The van der Waals surface area contributed by atoms with Gasteiger partial charge in [0.1, 0.15) is 0 Å². The van der Waals surface area contributed by atoms with Crippen LogP contribution >= 0.6 is 11.3 Å². The molecule has 2 aliphatic rings. The number of oxime groups is 1. The van der Waals surface area contributed by atoms with Crippen molar-refractivity contribution in [3.05, 3.63) is 21.9 Å². The third kappa shape index (κ3) is 5.36. The minimum atomic E-state index is -4.76. The third-order valence-electron chi connectivity index (χ3n) is 4.96. The maximum atomic E-state index is 13.0. The number of rotatable bonds is 7. The van der Waals surface area contributed by atoms with Crippen molar-refractivity contribution >= 4 is 28.9 Å². The Morgan fingerprint density at radius 1 is 1.47 bits per heavy atom. The number of hydroxylamine groups is 1. The summed E-state index contributed by atoms with van der Waals surface area (Å²) in [6.45, 7) is 2.63. The number of alkyl halides is 3. The van der Waals surface area contributed by atoms with Crippen LogP contribution in [-0.4, -0.2) is 73.1 Å². The fourth-order valence-corrected chi connectivity index (χ4v) is 4.17. The number of carbonyl (C=O) groups is 2. The summed E-state index contributed by atoms with van der Waals surface area (Å²) < 4.78 is 44.3.